The third-order valence-electron chi connectivity index (χ3n) is 5.73. The lowest BCUT2D eigenvalue weighted by molar-refractivity contribution is -0.140. The van der Waals surface area contributed by atoms with Gasteiger partial charge in [-0.15, -0.1) is 0 Å². The van der Waals surface area contributed by atoms with Gasteiger partial charge in [-0.2, -0.15) is 0 Å². The Morgan fingerprint density at radius 1 is 1.26 bits per heavy atom. The van der Waals surface area contributed by atoms with E-state index in [1.165, 1.54) is 13.5 Å². The summed E-state index contributed by atoms with van der Waals surface area (Å²) in [5.74, 6) is 0.991. The van der Waals surface area contributed by atoms with Crippen LogP contribution in [-0.2, 0) is 19.6 Å². The zero-order valence-electron chi connectivity index (χ0n) is 15.4. The minimum Gasteiger partial charge on any atom is -0.469 e. The van der Waals surface area contributed by atoms with Crippen molar-refractivity contribution in [1.82, 2.24) is 4.72 Å². The smallest absolute Gasteiger partial charge is 0.305 e. The minimum atomic E-state index is -3.53. The van der Waals surface area contributed by atoms with Gasteiger partial charge < -0.3 is 4.74 Å². The first kappa shape index (κ1) is 20.6. The Morgan fingerprint density at radius 2 is 1.96 bits per heavy atom. The molecule has 27 heavy (non-hydrogen) atoms. The highest BCUT2D eigenvalue weighted by molar-refractivity contribution is 9.10. The number of esters is 1. The number of methoxy groups -OCH3 is 1. The molecule has 1 N–H and O–H groups in total. The normalized spacial score (nSPS) is 27.3. The van der Waals surface area contributed by atoms with Crippen LogP contribution in [0.1, 0.15) is 38.5 Å². The van der Waals surface area contributed by atoms with E-state index in [4.69, 9.17) is 0 Å². The summed E-state index contributed by atoms with van der Waals surface area (Å²) in [5, 5.41) is 0. The lowest BCUT2D eigenvalue weighted by atomic mass is 9.84. The van der Waals surface area contributed by atoms with Crippen LogP contribution in [-0.4, -0.2) is 27.5 Å². The number of halogens is 1. The second-order valence-electron chi connectivity index (χ2n) is 7.41. The van der Waals surface area contributed by atoms with Crippen molar-refractivity contribution in [1.29, 1.82) is 0 Å². The van der Waals surface area contributed by atoms with Crippen LogP contribution in [0.4, 0.5) is 0 Å². The Morgan fingerprint density at radius 3 is 2.67 bits per heavy atom. The van der Waals surface area contributed by atoms with E-state index < -0.39 is 10.0 Å². The molecule has 2 fully saturated rings. The van der Waals surface area contributed by atoms with Crippen molar-refractivity contribution in [3.05, 3.63) is 40.9 Å². The maximum atomic E-state index is 12.8. The van der Waals surface area contributed by atoms with Crippen LogP contribution in [0.5, 0.6) is 0 Å². The zero-order valence-corrected chi connectivity index (χ0v) is 17.8. The van der Waals surface area contributed by atoms with Gasteiger partial charge in [0.1, 0.15) is 0 Å². The number of allylic oxidation sites excluding steroid dienone is 1. The molecule has 3 rings (SSSR count). The molecule has 0 heterocycles. The Kier molecular flexibility index (Phi) is 6.76. The number of benzene rings is 1. The van der Waals surface area contributed by atoms with Crippen LogP contribution in [0.2, 0.25) is 0 Å². The van der Waals surface area contributed by atoms with E-state index in [2.05, 4.69) is 37.5 Å². The SMILES string of the molecule is COC(=O)CCC/C=C\C1C2CCC(C2)C1NS(=O)(=O)c1ccc(Br)cc1. The third kappa shape index (κ3) is 5.00. The lowest BCUT2D eigenvalue weighted by Crippen LogP contribution is -2.43. The topological polar surface area (TPSA) is 72.5 Å². The maximum Gasteiger partial charge on any atom is 0.305 e. The number of hydrogen-bond donors (Lipinski definition) is 1. The highest BCUT2D eigenvalue weighted by Crippen LogP contribution is 2.49. The van der Waals surface area contributed by atoms with Gasteiger partial charge in [0.15, 0.2) is 0 Å². The number of carbonyl (C=O) groups excluding carboxylic acids is 1. The van der Waals surface area contributed by atoms with Gasteiger partial charge in [-0.05, 0) is 74.1 Å². The quantitative estimate of drug-likeness (QED) is 0.364. The van der Waals surface area contributed by atoms with Crippen LogP contribution in [0.3, 0.4) is 0 Å². The molecule has 5 nitrogen and oxygen atoms in total. The van der Waals surface area contributed by atoms with Crippen LogP contribution in [0.25, 0.3) is 0 Å². The summed E-state index contributed by atoms with van der Waals surface area (Å²) in [6.45, 7) is 0. The van der Waals surface area contributed by atoms with E-state index in [-0.39, 0.29) is 17.9 Å². The molecule has 4 atom stereocenters. The Balaban J connectivity index is 1.64. The Labute approximate surface area is 169 Å². The van der Waals surface area contributed by atoms with Gasteiger partial charge in [0.25, 0.3) is 0 Å². The molecule has 2 aliphatic carbocycles. The second kappa shape index (κ2) is 8.88. The molecule has 0 saturated heterocycles. The zero-order chi connectivity index (χ0) is 19.4. The van der Waals surface area contributed by atoms with Crippen molar-refractivity contribution in [3.8, 4) is 0 Å². The number of fused-ring (bicyclic) bond motifs is 2. The summed E-state index contributed by atoms with van der Waals surface area (Å²) in [6.07, 6.45) is 9.56. The van der Waals surface area contributed by atoms with Crippen LogP contribution >= 0.6 is 15.9 Å². The van der Waals surface area contributed by atoms with Crippen molar-refractivity contribution in [2.24, 2.45) is 17.8 Å². The monoisotopic (exact) mass is 455 g/mol. The van der Waals surface area contributed by atoms with Crippen LogP contribution in [0.15, 0.2) is 45.8 Å². The fourth-order valence-electron chi connectivity index (χ4n) is 4.37. The van der Waals surface area contributed by atoms with Crippen molar-refractivity contribution in [3.63, 3.8) is 0 Å². The van der Waals surface area contributed by atoms with E-state index >= 15 is 0 Å². The van der Waals surface area contributed by atoms with Gasteiger partial charge in [-0.1, -0.05) is 28.1 Å². The molecule has 0 radical (unpaired) electrons. The molecule has 148 valence electrons. The van der Waals surface area contributed by atoms with Crippen molar-refractivity contribution >= 4 is 31.9 Å². The molecule has 0 amide bonds. The summed E-state index contributed by atoms with van der Waals surface area (Å²) < 4.78 is 34.1. The molecular formula is C20H26BrNO4S. The highest BCUT2D eigenvalue weighted by atomic mass is 79.9. The molecule has 0 spiro atoms. The van der Waals surface area contributed by atoms with E-state index in [0.717, 1.165) is 30.2 Å². The molecule has 2 aliphatic rings. The van der Waals surface area contributed by atoms with E-state index in [0.29, 0.717) is 23.2 Å². The van der Waals surface area contributed by atoms with Gasteiger partial charge in [0, 0.05) is 16.9 Å². The number of sulfonamides is 1. The van der Waals surface area contributed by atoms with Crippen molar-refractivity contribution in [2.75, 3.05) is 7.11 Å². The summed E-state index contributed by atoms with van der Waals surface area (Å²) in [5.41, 5.74) is 0. The number of nitrogens with one attached hydrogen (secondary N) is 1. The molecule has 0 aliphatic heterocycles. The fourth-order valence-corrected chi connectivity index (χ4v) is 5.97. The van der Waals surface area contributed by atoms with Crippen LogP contribution < -0.4 is 4.72 Å². The summed E-state index contributed by atoms with van der Waals surface area (Å²) in [4.78, 5) is 11.5. The van der Waals surface area contributed by atoms with Gasteiger partial charge in [0.05, 0.1) is 12.0 Å². The first-order valence-electron chi connectivity index (χ1n) is 9.42. The van der Waals surface area contributed by atoms with Gasteiger partial charge in [-0.3, -0.25) is 4.79 Å². The van der Waals surface area contributed by atoms with Crippen molar-refractivity contribution in [2.45, 2.75) is 49.5 Å². The molecule has 2 bridgehead atoms. The van der Waals surface area contributed by atoms with E-state index in [1.807, 2.05) is 0 Å². The van der Waals surface area contributed by atoms with E-state index in [1.54, 1.807) is 24.3 Å². The molecule has 1 aromatic carbocycles. The Hall–Kier alpha value is -1.18. The van der Waals surface area contributed by atoms with Gasteiger partial charge >= 0.3 is 5.97 Å². The maximum absolute atomic E-state index is 12.8. The average molecular weight is 456 g/mol. The summed E-state index contributed by atoms with van der Waals surface area (Å²) in [7, 11) is -2.13. The Bertz CT molecular complexity index is 791. The molecule has 4 unspecified atom stereocenters. The number of unbranched alkanes of at least 4 members (excludes halogenated alkanes) is 1. The number of hydrogen-bond acceptors (Lipinski definition) is 4. The number of carbonyl (C=O) groups is 1. The largest absolute Gasteiger partial charge is 0.469 e. The highest BCUT2D eigenvalue weighted by Gasteiger charge is 2.47. The summed E-state index contributed by atoms with van der Waals surface area (Å²) in [6, 6.07) is 6.69. The third-order valence-corrected chi connectivity index (χ3v) is 7.74. The fraction of sp³-hybridized carbons (Fsp3) is 0.550. The van der Waals surface area contributed by atoms with E-state index in [9.17, 15) is 13.2 Å². The minimum absolute atomic E-state index is 0.0470. The first-order valence-corrected chi connectivity index (χ1v) is 11.7. The number of ether oxygens (including phenoxy) is 1. The molecule has 7 heteroatoms. The van der Waals surface area contributed by atoms with Gasteiger partial charge in [0.2, 0.25) is 10.0 Å². The van der Waals surface area contributed by atoms with Crippen LogP contribution in [0, 0.1) is 17.8 Å². The van der Waals surface area contributed by atoms with Crippen molar-refractivity contribution < 1.29 is 17.9 Å². The average Bonchev–Trinajstić information content (AvgIpc) is 3.23. The molecular weight excluding hydrogens is 430 g/mol. The van der Waals surface area contributed by atoms with Gasteiger partial charge in [-0.25, -0.2) is 13.1 Å². The summed E-state index contributed by atoms with van der Waals surface area (Å²) >= 11 is 3.34. The predicted octanol–water partition coefficient (Wildman–Crippen LogP) is 4.04. The molecule has 2 saturated carbocycles. The lowest BCUT2D eigenvalue weighted by Gasteiger charge is -2.29. The molecule has 1 aromatic rings. The first-order chi connectivity index (χ1) is 12.9. The molecule has 0 aromatic heterocycles. The standard InChI is InChI=1S/C20H26BrNO4S/c1-26-19(23)6-4-2-3-5-18-14-7-8-15(13-14)20(18)22-27(24,25)17-11-9-16(21)10-12-17/h3,5,9-12,14-15,18,20,22H,2,4,6-8,13H2,1H3/b5-3-. The second-order valence-corrected chi connectivity index (χ2v) is 10.0. The predicted molar refractivity (Wildman–Crippen MR) is 108 cm³/mol. The number of rotatable bonds is 8.